The van der Waals surface area contributed by atoms with Gasteiger partial charge >= 0.3 is 7.82 Å². The van der Waals surface area contributed by atoms with Crippen molar-refractivity contribution in [3.05, 3.63) is 29.8 Å². The van der Waals surface area contributed by atoms with E-state index < -0.39 is 7.82 Å². The molecule has 0 spiro atoms. The van der Waals surface area contributed by atoms with Crippen molar-refractivity contribution in [2.45, 2.75) is 65.2 Å². The number of benzene rings is 1. The van der Waals surface area contributed by atoms with Crippen LogP contribution in [0.4, 0.5) is 0 Å². The fraction of sp³-hybridized carbons (Fsp3) is 0.647. The molecule has 6 nitrogen and oxygen atoms in total. The Hall–Kier alpha value is -0.910. The first-order chi connectivity index (χ1) is 11.4. The molecule has 140 valence electrons. The van der Waals surface area contributed by atoms with Gasteiger partial charge in [0, 0.05) is 6.61 Å². The van der Waals surface area contributed by atoms with Crippen molar-refractivity contribution in [1.29, 1.82) is 0 Å². The zero-order valence-electron chi connectivity index (χ0n) is 14.7. The largest absolute Gasteiger partial charge is 0.505 e. The lowest BCUT2D eigenvalue weighted by atomic mass is 10.0. The maximum atomic E-state index is 10.6. The Morgan fingerprint density at radius 2 is 1.50 bits per heavy atom. The molecule has 0 saturated carbocycles. The Morgan fingerprint density at radius 3 is 2.08 bits per heavy atom. The van der Waals surface area contributed by atoms with Crippen molar-refractivity contribution in [3.8, 4) is 5.75 Å². The number of aliphatic hydroxyl groups excluding tert-OH is 1. The molecule has 0 fully saturated rings. The Kier molecular flexibility index (Phi) is 13.9. The molecule has 0 aliphatic heterocycles. The highest BCUT2D eigenvalue weighted by molar-refractivity contribution is 7.46. The molecule has 3 N–H and O–H groups in total. The van der Waals surface area contributed by atoms with Crippen molar-refractivity contribution >= 4 is 7.82 Å². The summed E-state index contributed by atoms with van der Waals surface area (Å²) in [6.07, 6.45) is 9.34. The monoisotopic (exact) mass is 362 g/mol. The van der Waals surface area contributed by atoms with Crippen LogP contribution >= 0.6 is 7.82 Å². The van der Waals surface area contributed by atoms with Gasteiger partial charge in [0.25, 0.3) is 0 Å². The minimum atomic E-state index is -4.62. The molecule has 0 radical (unpaired) electrons. The molecule has 24 heavy (non-hydrogen) atoms. The number of rotatable bonds is 11. The molecule has 0 amide bonds. The van der Waals surface area contributed by atoms with Crippen molar-refractivity contribution in [2.24, 2.45) is 0 Å². The first kappa shape index (κ1) is 23.1. The summed E-state index contributed by atoms with van der Waals surface area (Å²) < 4.78 is 14.7. The van der Waals surface area contributed by atoms with Gasteiger partial charge in [-0.25, -0.2) is 4.57 Å². The van der Waals surface area contributed by atoms with E-state index in [1.165, 1.54) is 32.1 Å². The molecule has 0 heterocycles. The molecular formula is C17H31O6P. The molecular weight excluding hydrogens is 331 g/mol. The molecule has 0 unspecified atom stereocenters. The molecule has 0 aromatic heterocycles. The molecule has 0 aliphatic carbocycles. The van der Waals surface area contributed by atoms with E-state index >= 15 is 0 Å². The quantitative estimate of drug-likeness (QED) is 0.234. The third kappa shape index (κ3) is 13.5. The molecule has 1 aromatic carbocycles. The second-order valence-corrected chi connectivity index (χ2v) is 6.57. The van der Waals surface area contributed by atoms with Crippen LogP contribution in [0.3, 0.4) is 0 Å². The van der Waals surface area contributed by atoms with E-state index in [2.05, 4.69) is 11.6 Å². The van der Waals surface area contributed by atoms with Crippen LogP contribution in [-0.4, -0.2) is 21.5 Å². The van der Waals surface area contributed by atoms with Gasteiger partial charge in [-0.05, 0) is 31.4 Å². The van der Waals surface area contributed by atoms with Gasteiger partial charge in [0.05, 0.1) is 0 Å². The maximum absolute atomic E-state index is 10.6. The molecule has 7 heteroatoms. The summed E-state index contributed by atoms with van der Waals surface area (Å²) in [7, 11) is -4.62. The Bertz CT molecular complexity index is 460. The van der Waals surface area contributed by atoms with Crippen molar-refractivity contribution in [1.82, 2.24) is 0 Å². The number of unbranched alkanes of at least 4 members (excludes halogenated alkanes) is 6. The van der Waals surface area contributed by atoms with Crippen molar-refractivity contribution < 1.29 is 29.0 Å². The zero-order chi connectivity index (χ0) is 18.3. The van der Waals surface area contributed by atoms with E-state index in [1.54, 1.807) is 19.1 Å². The summed E-state index contributed by atoms with van der Waals surface area (Å²) in [5, 5.41) is 7.57. The normalized spacial score (nSPS) is 10.9. The Labute approximate surface area is 145 Å². The van der Waals surface area contributed by atoms with Crippen LogP contribution in [0, 0.1) is 0 Å². The highest BCUT2D eigenvalue weighted by Gasteiger charge is 2.17. The summed E-state index contributed by atoms with van der Waals surface area (Å²) in [4.78, 5) is 22.0. The highest BCUT2D eigenvalue weighted by Crippen LogP contribution is 2.37. The average molecular weight is 362 g/mol. The predicted octanol–water partition coefficient (Wildman–Crippen LogP) is 4.38. The van der Waals surface area contributed by atoms with Crippen LogP contribution in [0.1, 0.15) is 64.4 Å². The minimum absolute atomic E-state index is 0.250. The van der Waals surface area contributed by atoms with E-state index in [0.717, 1.165) is 24.8 Å². The van der Waals surface area contributed by atoms with Gasteiger partial charge < -0.3 is 19.8 Å². The van der Waals surface area contributed by atoms with Gasteiger partial charge in [-0.15, -0.1) is 0 Å². The summed E-state index contributed by atoms with van der Waals surface area (Å²) in [5.74, 6) is 0.367. The summed E-state index contributed by atoms with van der Waals surface area (Å²) in [6.45, 7) is 4.14. The van der Waals surface area contributed by atoms with Gasteiger partial charge in [0.15, 0.2) is 5.75 Å². The molecule has 0 bridgehead atoms. The summed E-state index contributed by atoms with van der Waals surface area (Å²) in [5.41, 5.74) is 0.902. The van der Waals surface area contributed by atoms with Crippen molar-refractivity contribution in [3.63, 3.8) is 0 Å². The standard InChI is InChI=1S/C15H25O5P.C2H6O/c1-2-3-4-5-6-7-8-11-14-12-9-10-13-15(14)19-20-21(16,17)18;1-2-3/h9-10,12-13H,2-8,11H2,1H3,(H2,16,17,18);3H,2H2,1H3. The van der Waals surface area contributed by atoms with Crippen LogP contribution in [0.2, 0.25) is 0 Å². The topological polar surface area (TPSA) is 96.2 Å². The fourth-order valence-electron chi connectivity index (χ4n) is 2.15. The first-order valence-electron chi connectivity index (χ1n) is 8.55. The van der Waals surface area contributed by atoms with E-state index in [9.17, 15) is 4.57 Å². The number of aliphatic hydroxyl groups is 1. The third-order valence-corrected chi connectivity index (χ3v) is 3.52. The first-order valence-corrected chi connectivity index (χ1v) is 10.1. The lowest BCUT2D eigenvalue weighted by molar-refractivity contribution is -0.123. The number of phosphoric acid groups is 1. The maximum Gasteiger partial charge on any atom is 0.505 e. The lowest BCUT2D eigenvalue weighted by Gasteiger charge is -2.10. The van der Waals surface area contributed by atoms with Gasteiger partial charge in [-0.3, -0.25) is 0 Å². The van der Waals surface area contributed by atoms with Crippen LogP contribution in [0.15, 0.2) is 24.3 Å². The zero-order valence-corrected chi connectivity index (χ0v) is 15.6. The molecule has 0 atom stereocenters. The smallest absolute Gasteiger partial charge is 0.397 e. The van der Waals surface area contributed by atoms with Gasteiger partial charge in [-0.1, -0.05) is 68.3 Å². The number of aryl methyl sites for hydroxylation is 1. The average Bonchev–Trinajstić information content (AvgIpc) is 2.53. The van der Waals surface area contributed by atoms with Gasteiger partial charge in [0.2, 0.25) is 0 Å². The summed E-state index contributed by atoms with van der Waals surface area (Å²) >= 11 is 0. The van der Waals surface area contributed by atoms with E-state index in [4.69, 9.17) is 19.8 Å². The number of para-hydroxylation sites is 1. The van der Waals surface area contributed by atoms with Gasteiger partial charge in [-0.2, -0.15) is 0 Å². The van der Waals surface area contributed by atoms with Crippen molar-refractivity contribution in [2.75, 3.05) is 6.61 Å². The molecule has 0 aliphatic rings. The van der Waals surface area contributed by atoms with Crippen LogP contribution in [0.5, 0.6) is 5.75 Å². The highest BCUT2D eigenvalue weighted by atomic mass is 31.2. The minimum Gasteiger partial charge on any atom is -0.397 e. The molecule has 0 saturated heterocycles. The van der Waals surface area contributed by atoms with E-state index in [-0.39, 0.29) is 6.61 Å². The lowest BCUT2D eigenvalue weighted by Crippen LogP contribution is -1.98. The number of hydrogen-bond acceptors (Lipinski definition) is 4. The fourth-order valence-corrected chi connectivity index (χ4v) is 2.33. The molecule has 1 rings (SSSR count). The van der Waals surface area contributed by atoms with Crippen LogP contribution in [-0.2, 0) is 15.7 Å². The second kappa shape index (κ2) is 14.4. The third-order valence-electron chi connectivity index (χ3n) is 3.25. The van der Waals surface area contributed by atoms with E-state index in [0.29, 0.717) is 5.75 Å². The number of hydrogen-bond donors (Lipinski definition) is 3. The van der Waals surface area contributed by atoms with Crippen LogP contribution < -0.4 is 4.89 Å². The summed E-state index contributed by atoms with van der Waals surface area (Å²) in [6, 6.07) is 7.15. The molecule has 1 aromatic rings. The second-order valence-electron chi connectivity index (χ2n) is 5.44. The Morgan fingerprint density at radius 1 is 0.958 bits per heavy atom. The van der Waals surface area contributed by atoms with E-state index in [1.807, 2.05) is 12.1 Å². The SMILES string of the molecule is CCCCCCCCCc1ccccc1OOP(=O)(O)O.CCO. The Balaban J connectivity index is 0.00000163. The van der Waals surface area contributed by atoms with Crippen LogP contribution in [0.25, 0.3) is 0 Å². The van der Waals surface area contributed by atoms with Gasteiger partial charge in [0.1, 0.15) is 0 Å². The predicted molar refractivity (Wildman–Crippen MR) is 94.7 cm³/mol.